The van der Waals surface area contributed by atoms with Crippen molar-refractivity contribution in [1.29, 1.82) is 0 Å². The minimum atomic E-state index is -2.99. The van der Waals surface area contributed by atoms with Gasteiger partial charge in [-0.1, -0.05) is 15.9 Å². The molecule has 0 spiro atoms. The van der Waals surface area contributed by atoms with Crippen molar-refractivity contribution < 1.29 is 27.4 Å². The SMILES string of the molecule is CC(C)(C)OC(=O)NC1=N[C@@](c2cc(Br)ccc2F)(C(F)F)[C@H]2C[C@H]2O1. The number of amides is 1. The van der Waals surface area contributed by atoms with E-state index < -0.39 is 47.5 Å². The molecule has 1 aliphatic carbocycles. The second-order valence-electron chi connectivity index (χ2n) is 7.29. The van der Waals surface area contributed by atoms with E-state index in [1.807, 2.05) is 0 Å². The summed E-state index contributed by atoms with van der Waals surface area (Å²) in [6, 6.07) is 3.42. The van der Waals surface area contributed by atoms with Gasteiger partial charge in [-0.15, -0.1) is 0 Å². The summed E-state index contributed by atoms with van der Waals surface area (Å²) < 4.78 is 53.6. The molecule has 1 saturated carbocycles. The minimum absolute atomic E-state index is 0.235. The van der Waals surface area contributed by atoms with Crippen LogP contribution in [0.1, 0.15) is 32.8 Å². The highest BCUT2D eigenvalue weighted by atomic mass is 79.9. The average molecular weight is 435 g/mol. The van der Waals surface area contributed by atoms with Gasteiger partial charge in [0.1, 0.15) is 17.5 Å². The third kappa shape index (κ3) is 3.54. The van der Waals surface area contributed by atoms with Crippen LogP contribution < -0.4 is 5.32 Å². The van der Waals surface area contributed by atoms with Crippen LogP contribution >= 0.6 is 15.9 Å². The smallest absolute Gasteiger partial charge is 0.415 e. The molecule has 3 rings (SSSR count). The van der Waals surface area contributed by atoms with E-state index in [1.54, 1.807) is 20.8 Å². The lowest BCUT2D eigenvalue weighted by atomic mass is 9.85. The van der Waals surface area contributed by atoms with Crippen LogP contribution in [0.2, 0.25) is 0 Å². The number of nitrogens with zero attached hydrogens (tertiary/aromatic N) is 1. The second kappa shape index (κ2) is 6.44. The number of benzene rings is 1. The van der Waals surface area contributed by atoms with Gasteiger partial charge in [-0.25, -0.2) is 28.3 Å². The zero-order valence-electron chi connectivity index (χ0n) is 14.4. The molecule has 26 heavy (non-hydrogen) atoms. The Morgan fingerprint density at radius 1 is 1.46 bits per heavy atom. The monoisotopic (exact) mass is 434 g/mol. The predicted octanol–water partition coefficient (Wildman–Crippen LogP) is 4.35. The molecule has 0 unspecified atom stereocenters. The van der Waals surface area contributed by atoms with Crippen molar-refractivity contribution in [2.24, 2.45) is 10.9 Å². The summed E-state index contributed by atoms with van der Waals surface area (Å²) in [6.45, 7) is 4.98. The summed E-state index contributed by atoms with van der Waals surface area (Å²) in [5, 5.41) is 2.25. The van der Waals surface area contributed by atoms with Crippen molar-refractivity contribution in [3.63, 3.8) is 0 Å². The van der Waals surface area contributed by atoms with Gasteiger partial charge in [0.25, 0.3) is 12.4 Å². The number of aliphatic imine (C=N–C) groups is 1. The molecule has 142 valence electrons. The molecule has 5 nitrogen and oxygen atoms in total. The number of ether oxygens (including phenoxy) is 2. The first kappa shape index (κ1) is 19.0. The van der Waals surface area contributed by atoms with Gasteiger partial charge in [-0.3, -0.25) is 0 Å². The van der Waals surface area contributed by atoms with Crippen LogP contribution in [-0.2, 0) is 15.0 Å². The Morgan fingerprint density at radius 3 is 2.77 bits per heavy atom. The van der Waals surface area contributed by atoms with Gasteiger partial charge in [0.05, 0.1) is 0 Å². The number of alkyl halides is 2. The summed E-state index contributed by atoms with van der Waals surface area (Å²) >= 11 is 3.18. The fourth-order valence-corrected chi connectivity index (χ4v) is 3.39. The van der Waals surface area contributed by atoms with Gasteiger partial charge in [0.15, 0.2) is 5.54 Å². The second-order valence-corrected chi connectivity index (χ2v) is 8.21. The summed E-state index contributed by atoms with van der Waals surface area (Å²) in [6.07, 6.45) is -4.14. The van der Waals surface area contributed by atoms with E-state index >= 15 is 0 Å². The Morgan fingerprint density at radius 2 is 2.15 bits per heavy atom. The Kier molecular flexibility index (Phi) is 4.71. The lowest BCUT2D eigenvalue weighted by Crippen LogP contribution is -2.46. The lowest BCUT2D eigenvalue weighted by Gasteiger charge is -2.34. The van der Waals surface area contributed by atoms with Crippen LogP contribution in [0.15, 0.2) is 27.7 Å². The predicted molar refractivity (Wildman–Crippen MR) is 91.6 cm³/mol. The molecule has 2 aliphatic rings. The molecule has 0 radical (unpaired) electrons. The van der Waals surface area contributed by atoms with Crippen LogP contribution in [0.3, 0.4) is 0 Å². The number of nitrogens with one attached hydrogen (secondary N) is 1. The molecular formula is C17H18BrF3N2O3. The molecule has 1 N–H and O–H groups in total. The van der Waals surface area contributed by atoms with Crippen molar-refractivity contribution in [3.05, 3.63) is 34.1 Å². The number of carbonyl (C=O) groups excluding carboxylic acids is 1. The zero-order chi connectivity index (χ0) is 19.3. The van der Waals surface area contributed by atoms with Crippen LogP contribution in [0.5, 0.6) is 0 Å². The zero-order valence-corrected chi connectivity index (χ0v) is 15.9. The van der Waals surface area contributed by atoms with Gasteiger partial charge in [0, 0.05) is 16.0 Å². The molecular weight excluding hydrogens is 417 g/mol. The molecule has 0 aromatic heterocycles. The van der Waals surface area contributed by atoms with Crippen molar-refractivity contribution in [1.82, 2.24) is 5.32 Å². The number of amidine groups is 1. The summed E-state index contributed by atoms with van der Waals surface area (Å²) in [5.41, 5.74) is -3.14. The van der Waals surface area contributed by atoms with Crippen molar-refractivity contribution in [3.8, 4) is 0 Å². The third-order valence-electron chi connectivity index (χ3n) is 4.15. The van der Waals surface area contributed by atoms with Gasteiger partial charge in [-0.05, 0) is 45.4 Å². The number of hydrogen-bond donors (Lipinski definition) is 1. The van der Waals surface area contributed by atoms with E-state index in [2.05, 4.69) is 26.2 Å². The first-order valence-electron chi connectivity index (χ1n) is 8.03. The number of fused-ring (bicyclic) bond motifs is 1. The average Bonchev–Trinajstić information content (AvgIpc) is 3.26. The maximum absolute atomic E-state index is 14.4. The number of carbonyl (C=O) groups is 1. The molecule has 0 saturated heterocycles. The summed E-state index contributed by atoms with van der Waals surface area (Å²) in [7, 11) is 0. The van der Waals surface area contributed by atoms with E-state index in [0.717, 1.165) is 6.07 Å². The van der Waals surface area contributed by atoms with E-state index in [1.165, 1.54) is 12.1 Å². The standard InChI is InChI=1S/C17H18BrF3N2O3/c1-16(2,3)26-15(24)22-14-23-17(13(20)21,10-7-12(10)25-14)9-6-8(18)4-5-11(9)19/h4-6,10,12-13H,7H2,1-3H3,(H,22,23,24)/t10-,12+,17+/m0/s1. The Labute approximate surface area is 157 Å². The van der Waals surface area contributed by atoms with Crippen molar-refractivity contribution in [2.75, 3.05) is 0 Å². The maximum Gasteiger partial charge on any atom is 0.415 e. The van der Waals surface area contributed by atoms with E-state index in [0.29, 0.717) is 10.9 Å². The van der Waals surface area contributed by atoms with Gasteiger partial charge >= 0.3 is 6.09 Å². The molecule has 1 aromatic rings. The highest BCUT2D eigenvalue weighted by Gasteiger charge is 2.64. The highest BCUT2D eigenvalue weighted by Crippen LogP contribution is 2.56. The van der Waals surface area contributed by atoms with Crippen LogP contribution in [0.4, 0.5) is 18.0 Å². The van der Waals surface area contributed by atoms with Gasteiger partial charge in [0.2, 0.25) is 0 Å². The first-order chi connectivity index (χ1) is 12.0. The third-order valence-corrected chi connectivity index (χ3v) is 4.64. The Hall–Kier alpha value is -1.77. The summed E-state index contributed by atoms with van der Waals surface area (Å²) in [4.78, 5) is 15.9. The number of halogens is 4. The normalized spacial score (nSPS) is 27.3. The topological polar surface area (TPSA) is 59.9 Å². The maximum atomic E-state index is 14.4. The van der Waals surface area contributed by atoms with Gasteiger partial charge < -0.3 is 9.47 Å². The molecule has 3 atom stereocenters. The number of alkyl carbamates (subject to hydrolysis) is 1. The lowest BCUT2D eigenvalue weighted by molar-refractivity contribution is 0.0152. The fraction of sp³-hybridized carbons (Fsp3) is 0.529. The minimum Gasteiger partial charge on any atom is -0.461 e. The van der Waals surface area contributed by atoms with Crippen molar-refractivity contribution >= 4 is 28.0 Å². The van der Waals surface area contributed by atoms with Gasteiger partial charge in [-0.2, -0.15) is 0 Å². The molecule has 0 bridgehead atoms. The van der Waals surface area contributed by atoms with E-state index in [9.17, 15) is 18.0 Å². The summed E-state index contributed by atoms with van der Waals surface area (Å²) in [5.74, 6) is -1.46. The molecule has 1 aromatic carbocycles. The fourth-order valence-electron chi connectivity index (χ4n) is 3.03. The quantitative estimate of drug-likeness (QED) is 0.752. The number of hydrogen-bond acceptors (Lipinski definition) is 4. The van der Waals surface area contributed by atoms with Crippen LogP contribution in [0.25, 0.3) is 0 Å². The Balaban J connectivity index is 1.99. The van der Waals surface area contributed by atoms with Crippen molar-refractivity contribution in [2.45, 2.75) is 50.9 Å². The van der Waals surface area contributed by atoms with E-state index in [-0.39, 0.29) is 5.56 Å². The molecule has 1 aliphatic heterocycles. The largest absolute Gasteiger partial charge is 0.461 e. The molecule has 1 heterocycles. The highest BCUT2D eigenvalue weighted by molar-refractivity contribution is 9.10. The van der Waals surface area contributed by atoms with Crippen LogP contribution in [-0.4, -0.2) is 30.2 Å². The molecule has 9 heteroatoms. The Bertz CT molecular complexity index is 766. The number of rotatable bonds is 2. The van der Waals surface area contributed by atoms with E-state index in [4.69, 9.17) is 9.47 Å². The molecule has 1 amide bonds. The van der Waals surface area contributed by atoms with Crippen LogP contribution in [0, 0.1) is 11.7 Å². The molecule has 1 fully saturated rings. The first-order valence-corrected chi connectivity index (χ1v) is 8.82.